The van der Waals surface area contributed by atoms with Crippen molar-refractivity contribution in [3.8, 4) is 0 Å². The Balaban J connectivity index is 1.67. The summed E-state index contributed by atoms with van der Waals surface area (Å²) >= 11 is 0. The average molecular weight is 288 g/mol. The van der Waals surface area contributed by atoms with E-state index >= 15 is 0 Å². The van der Waals surface area contributed by atoms with Crippen LogP contribution in [0.2, 0.25) is 0 Å². The van der Waals surface area contributed by atoms with Gasteiger partial charge in [0.05, 0.1) is 11.6 Å². The molecule has 21 heavy (non-hydrogen) atoms. The first kappa shape index (κ1) is 14.3. The zero-order chi connectivity index (χ0) is 14.7. The second-order valence-electron chi connectivity index (χ2n) is 5.97. The molecule has 114 valence electrons. The van der Waals surface area contributed by atoms with Gasteiger partial charge in [0.15, 0.2) is 0 Å². The Morgan fingerprint density at radius 2 is 2.38 bits per heavy atom. The van der Waals surface area contributed by atoms with Crippen LogP contribution in [0.3, 0.4) is 0 Å². The summed E-state index contributed by atoms with van der Waals surface area (Å²) in [5, 5.41) is 6.33. The number of hydrogen-bond donors (Lipinski definition) is 2. The average Bonchev–Trinajstić information content (AvgIpc) is 2.88. The highest BCUT2D eigenvalue weighted by molar-refractivity contribution is 5.82. The van der Waals surface area contributed by atoms with Crippen molar-refractivity contribution in [3.63, 3.8) is 0 Å². The van der Waals surface area contributed by atoms with Gasteiger partial charge in [-0.1, -0.05) is 13.0 Å². The monoisotopic (exact) mass is 288 g/mol. The largest absolute Gasteiger partial charge is 0.370 e. The second kappa shape index (κ2) is 6.43. The van der Waals surface area contributed by atoms with E-state index in [4.69, 9.17) is 0 Å². The van der Waals surface area contributed by atoms with Crippen molar-refractivity contribution in [2.24, 2.45) is 5.92 Å². The Morgan fingerprint density at radius 1 is 1.48 bits per heavy atom. The van der Waals surface area contributed by atoms with E-state index in [9.17, 15) is 4.79 Å². The molecule has 5 nitrogen and oxygen atoms in total. The van der Waals surface area contributed by atoms with Gasteiger partial charge >= 0.3 is 0 Å². The molecule has 0 spiro atoms. The third kappa shape index (κ3) is 3.18. The van der Waals surface area contributed by atoms with Gasteiger partial charge in [-0.3, -0.25) is 9.69 Å². The standard InChI is InChI=1S/C16H24N4O/c1-2-8-17-15-7-3-5-12(19-15)11-20-9-4-6-13-14(20)10-18-16(13)21/h3,5,7,13-14H,2,4,6,8-11H2,1H3,(H,17,19)(H,18,21). The van der Waals surface area contributed by atoms with Gasteiger partial charge in [-0.05, 0) is 37.9 Å². The lowest BCUT2D eigenvalue weighted by molar-refractivity contribution is -0.124. The quantitative estimate of drug-likeness (QED) is 0.864. The van der Waals surface area contributed by atoms with Gasteiger partial charge < -0.3 is 10.6 Å². The summed E-state index contributed by atoms with van der Waals surface area (Å²) in [6, 6.07) is 6.49. The Labute approximate surface area is 126 Å². The van der Waals surface area contributed by atoms with Crippen LogP contribution >= 0.6 is 0 Å². The molecule has 5 heteroatoms. The molecule has 0 bridgehead atoms. The number of nitrogens with one attached hydrogen (secondary N) is 2. The fourth-order valence-corrected chi connectivity index (χ4v) is 3.36. The van der Waals surface area contributed by atoms with Crippen molar-refractivity contribution in [2.45, 2.75) is 38.8 Å². The lowest BCUT2D eigenvalue weighted by Crippen LogP contribution is -2.45. The van der Waals surface area contributed by atoms with E-state index in [0.717, 1.165) is 57.0 Å². The fourth-order valence-electron chi connectivity index (χ4n) is 3.36. The van der Waals surface area contributed by atoms with E-state index in [-0.39, 0.29) is 11.8 Å². The van der Waals surface area contributed by atoms with E-state index in [1.807, 2.05) is 6.07 Å². The number of anilines is 1. The van der Waals surface area contributed by atoms with Crippen molar-refractivity contribution < 1.29 is 4.79 Å². The molecule has 2 aliphatic heterocycles. The number of amides is 1. The predicted octanol–water partition coefficient (Wildman–Crippen LogP) is 1.61. The number of nitrogens with zero attached hydrogens (tertiary/aromatic N) is 2. The molecule has 0 saturated carbocycles. The minimum atomic E-state index is 0.181. The van der Waals surface area contributed by atoms with E-state index in [2.05, 4.69) is 39.6 Å². The molecular weight excluding hydrogens is 264 g/mol. The number of carbonyl (C=O) groups excluding carboxylic acids is 1. The van der Waals surface area contributed by atoms with Crippen molar-refractivity contribution >= 4 is 11.7 Å². The number of likely N-dealkylation sites (tertiary alicyclic amines) is 1. The third-order valence-electron chi connectivity index (χ3n) is 4.44. The summed E-state index contributed by atoms with van der Waals surface area (Å²) in [7, 11) is 0. The first-order valence-corrected chi connectivity index (χ1v) is 7.99. The number of rotatable bonds is 5. The van der Waals surface area contributed by atoms with Crippen LogP contribution in [-0.4, -0.2) is 41.5 Å². The molecule has 2 saturated heterocycles. The molecule has 1 amide bonds. The summed E-state index contributed by atoms with van der Waals surface area (Å²) in [4.78, 5) is 18.9. The molecule has 2 fully saturated rings. The van der Waals surface area contributed by atoms with Crippen LogP contribution in [0.25, 0.3) is 0 Å². The molecule has 0 aromatic carbocycles. The number of piperidine rings is 1. The summed E-state index contributed by atoms with van der Waals surface area (Å²) in [5.41, 5.74) is 1.08. The minimum Gasteiger partial charge on any atom is -0.370 e. The van der Waals surface area contributed by atoms with Gasteiger partial charge in [0.1, 0.15) is 5.82 Å². The van der Waals surface area contributed by atoms with Gasteiger partial charge in [-0.15, -0.1) is 0 Å². The lowest BCUT2D eigenvalue weighted by Gasteiger charge is -2.35. The van der Waals surface area contributed by atoms with E-state index in [0.29, 0.717) is 6.04 Å². The van der Waals surface area contributed by atoms with Crippen LogP contribution in [0.5, 0.6) is 0 Å². The smallest absolute Gasteiger partial charge is 0.224 e. The molecule has 3 rings (SSSR count). The van der Waals surface area contributed by atoms with Crippen LogP contribution < -0.4 is 10.6 Å². The normalized spacial score (nSPS) is 25.5. The topological polar surface area (TPSA) is 57.3 Å². The van der Waals surface area contributed by atoms with Crippen LogP contribution in [0.4, 0.5) is 5.82 Å². The summed E-state index contributed by atoms with van der Waals surface area (Å²) in [6.45, 7) is 5.78. The number of pyridine rings is 1. The number of aromatic nitrogens is 1. The number of carbonyl (C=O) groups is 1. The summed E-state index contributed by atoms with van der Waals surface area (Å²) < 4.78 is 0. The molecular formula is C16H24N4O. The molecule has 2 atom stereocenters. The van der Waals surface area contributed by atoms with Crippen LogP contribution in [0, 0.1) is 5.92 Å². The molecule has 1 aromatic heterocycles. The second-order valence-corrected chi connectivity index (χ2v) is 5.97. The highest BCUT2D eigenvalue weighted by Crippen LogP contribution is 2.28. The highest BCUT2D eigenvalue weighted by Gasteiger charge is 2.40. The van der Waals surface area contributed by atoms with Gasteiger partial charge in [0, 0.05) is 25.7 Å². The lowest BCUT2D eigenvalue weighted by atomic mass is 9.91. The van der Waals surface area contributed by atoms with Crippen LogP contribution in [-0.2, 0) is 11.3 Å². The first-order chi connectivity index (χ1) is 10.3. The van der Waals surface area contributed by atoms with Gasteiger partial charge in [-0.2, -0.15) is 0 Å². The van der Waals surface area contributed by atoms with Gasteiger partial charge in [0.2, 0.25) is 5.91 Å². The number of fused-ring (bicyclic) bond motifs is 1. The van der Waals surface area contributed by atoms with Crippen molar-refractivity contribution in [3.05, 3.63) is 23.9 Å². The Bertz CT molecular complexity index is 505. The Kier molecular flexibility index (Phi) is 4.39. The SMILES string of the molecule is CCCNc1cccc(CN2CCCC3C(=O)NCC32)n1. The molecule has 1 aromatic rings. The maximum atomic E-state index is 11.8. The third-order valence-corrected chi connectivity index (χ3v) is 4.44. The molecule has 2 N–H and O–H groups in total. The van der Waals surface area contributed by atoms with E-state index in [1.165, 1.54) is 0 Å². The van der Waals surface area contributed by atoms with Gasteiger partial charge in [0.25, 0.3) is 0 Å². The summed E-state index contributed by atoms with van der Waals surface area (Å²) in [5.74, 6) is 1.36. The van der Waals surface area contributed by atoms with Crippen LogP contribution in [0.1, 0.15) is 31.9 Å². The molecule has 2 aliphatic rings. The number of hydrogen-bond acceptors (Lipinski definition) is 4. The van der Waals surface area contributed by atoms with Crippen LogP contribution in [0.15, 0.2) is 18.2 Å². The fraction of sp³-hybridized carbons (Fsp3) is 0.625. The molecule has 0 aliphatic carbocycles. The predicted molar refractivity (Wildman–Crippen MR) is 82.9 cm³/mol. The first-order valence-electron chi connectivity index (χ1n) is 7.99. The Hall–Kier alpha value is -1.62. The maximum Gasteiger partial charge on any atom is 0.224 e. The zero-order valence-electron chi connectivity index (χ0n) is 12.6. The molecule has 3 heterocycles. The van der Waals surface area contributed by atoms with Gasteiger partial charge in [-0.25, -0.2) is 4.98 Å². The van der Waals surface area contributed by atoms with Crippen molar-refractivity contribution in [1.29, 1.82) is 0 Å². The summed E-state index contributed by atoms with van der Waals surface area (Å²) in [6.07, 6.45) is 3.22. The molecule has 2 unspecified atom stereocenters. The zero-order valence-corrected chi connectivity index (χ0v) is 12.6. The minimum absolute atomic E-state index is 0.181. The van der Waals surface area contributed by atoms with E-state index < -0.39 is 0 Å². The van der Waals surface area contributed by atoms with Crippen molar-refractivity contribution in [1.82, 2.24) is 15.2 Å². The highest BCUT2D eigenvalue weighted by atomic mass is 16.2. The van der Waals surface area contributed by atoms with E-state index in [1.54, 1.807) is 0 Å². The van der Waals surface area contributed by atoms with Crippen molar-refractivity contribution in [2.75, 3.05) is 25.0 Å². The maximum absolute atomic E-state index is 11.8. The molecule has 0 radical (unpaired) electrons. The Morgan fingerprint density at radius 3 is 3.24 bits per heavy atom.